The van der Waals surface area contributed by atoms with Crippen LogP contribution in [0.4, 0.5) is 4.79 Å². The number of thioether (sulfide) groups is 1. The van der Waals surface area contributed by atoms with E-state index >= 15 is 0 Å². The summed E-state index contributed by atoms with van der Waals surface area (Å²) in [6, 6.07) is 9.62. The molecule has 1 aromatic carbocycles. The fraction of sp³-hybridized carbons (Fsp3) is 0.333. The summed E-state index contributed by atoms with van der Waals surface area (Å²) in [5.41, 5.74) is 1.01. The molecule has 1 heterocycles. The second kappa shape index (κ2) is 5.16. The Labute approximate surface area is 98.8 Å². The quantitative estimate of drug-likeness (QED) is 0.800. The first-order valence-electron chi connectivity index (χ1n) is 5.23. The minimum absolute atomic E-state index is 0.0291. The topological polar surface area (TPSA) is 37.4 Å². The van der Waals surface area contributed by atoms with Gasteiger partial charge in [0.15, 0.2) is 5.78 Å². The van der Waals surface area contributed by atoms with Gasteiger partial charge in [0.1, 0.15) is 0 Å². The highest BCUT2D eigenvalue weighted by atomic mass is 32.2. The molecule has 1 aliphatic heterocycles. The summed E-state index contributed by atoms with van der Waals surface area (Å²) >= 11 is 1.29. The molecule has 0 aromatic heterocycles. The molecule has 0 bridgehead atoms. The molecule has 1 aliphatic rings. The van der Waals surface area contributed by atoms with Crippen LogP contribution in [0.25, 0.3) is 0 Å². The van der Waals surface area contributed by atoms with Gasteiger partial charge in [0.2, 0.25) is 0 Å². The van der Waals surface area contributed by atoms with Gasteiger partial charge in [0.25, 0.3) is 5.24 Å². The molecule has 4 heteroatoms. The van der Waals surface area contributed by atoms with Crippen molar-refractivity contribution in [2.75, 3.05) is 18.8 Å². The highest BCUT2D eigenvalue weighted by Crippen LogP contribution is 2.16. The fourth-order valence-electron chi connectivity index (χ4n) is 1.66. The van der Waals surface area contributed by atoms with Gasteiger partial charge in [-0.1, -0.05) is 42.1 Å². The van der Waals surface area contributed by atoms with Gasteiger partial charge in [-0.3, -0.25) is 9.59 Å². The van der Waals surface area contributed by atoms with Crippen molar-refractivity contribution in [3.63, 3.8) is 0 Å². The van der Waals surface area contributed by atoms with Gasteiger partial charge in [0, 0.05) is 18.7 Å². The molecule has 0 aliphatic carbocycles. The molecule has 0 atom stereocenters. The first-order valence-corrected chi connectivity index (χ1v) is 6.21. The van der Waals surface area contributed by atoms with Crippen LogP contribution in [0.5, 0.6) is 0 Å². The lowest BCUT2D eigenvalue weighted by Gasteiger charge is -2.12. The van der Waals surface area contributed by atoms with Crippen LogP contribution in [0.15, 0.2) is 30.3 Å². The molecule has 1 amide bonds. The predicted octanol–water partition coefficient (Wildman–Crippen LogP) is 1.97. The number of benzene rings is 1. The predicted molar refractivity (Wildman–Crippen MR) is 64.6 cm³/mol. The van der Waals surface area contributed by atoms with Crippen LogP contribution in [-0.2, 0) is 11.2 Å². The van der Waals surface area contributed by atoms with Crippen LogP contribution in [0.2, 0.25) is 0 Å². The van der Waals surface area contributed by atoms with E-state index in [4.69, 9.17) is 0 Å². The fourth-order valence-corrected chi connectivity index (χ4v) is 2.49. The molecule has 1 aromatic rings. The van der Waals surface area contributed by atoms with E-state index in [1.54, 1.807) is 4.90 Å². The van der Waals surface area contributed by atoms with Gasteiger partial charge in [-0.2, -0.15) is 0 Å². The summed E-state index contributed by atoms with van der Waals surface area (Å²) in [4.78, 5) is 24.6. The number of carbonyl (C=O) groups is 2. The molecule has 0 spiro atoms. The van der Waals surface area contributed by atoms with Crippen LogP contribution in [0.3, 0.4) is 0 Å². The standard InChI is InChI=1S/C12H13NO2S/c14-11(8-10-4-2-1-3-5-10)9-13-6-7-16-12(13)15/h1-5H,6-9H2. The van der Waals surface area contributed by atoms with E-state index in [0.717, 1.165) is 11.3 Å². The summed E-state index contributed by atoms with van der Waals surface area (Å²) in [5, 5.41) is 0.0291. The third-order valence-corrected chi connectivity index (χ3v) is 3.35. The van der Waals surface area contributed by atoms with E-state index in [0.29, 0.717) is 13.0 Å². The molecular weight excluding hydrogens is 222 g/mol. The van der Waals surface area contributed by atoms with Crippen LogP contribution < -0.4 is 0 Å². The van der Waals surface area contributed by atoms with Crippen LogP contribution in [-0.4, -0.2) is 34.8 Å². The second-order valence-electron chi connectivity index (χ2n) is 3.74. The minimum atomic E-state index is 0.0291. The zero-order chi connectivity index (χ0) is 11.4. The maximum atomic E-state index is 11.7. The van der Waals surface area contributed by atoms with Gasteiger partial charge in [0.05, 0.1) is 6.54 Å². The highest BCUT2D eigenvalue weighted by molar-refractivity contribution is 8.13. The largest absolute Gasteiger partial charge is 0.325 e. The molecule has 84 valence electrons. The van der Waals surface area contributed by atoms with Crippen molar-refractivity contribution in [1.29, 1.82) is 0 Å². The van der Waals surface area contributed by atoms with Crippen molar-refractivity contribution in [3.8, 4) is 0 Å². The van der Waals surface area contributed by atoms with Crippen molar-refractivity contribution in [2.24, 2.45) is 0 Å². The smallest absolute Gasteiger partial charge is 0.282 e. The maximum absolute atomic E-state index is 11.7. The normalized spacial score (nSPS) is 15.5. The van der Waals surface area contributed by atoms with Crippen molar-refractivity contribution < 1.29 is 9.59 Å². The number of nitrogens with zero attached hydrogens (tertiary/aromatic N) is 1. The van der Waals surface area contributed by atoms with Crippen LogP contribution in [0.1, 0.15) is 5.56 Å². The third kappa shape index (κ3) is 2.85. The van der Waals surface area contributed by atoms with Crippen molar-refractivity contribution in [3.05, 3.63) is 35.9 Å². The Morgan fingerprint density at radius 3 is 2.69 bits per heavy atom. The first-order chi connectivity index (χ1) is 7.75. The third-order valence-electron chi connectivity index (χ3n) is 2.46. The molecule has 1 fully saturated rings. The lowest BCUT2D eigenvalue weighted by atomic mass is 10.1. The lowest BCUT2D eigenvalue weighted by molar-refractivity contribution is -0.118. The molecule has 2 rings (SSSR count). The van der Waals surface area contributed by atoms with E-state index in [1.165, 1.54) is 11.8 Å². The van der Waals surface area contributed by atoms with E-state index in [2.05, 4.69) is 0 Å². The Morgan fingerprint density at radius 1 is 1.31 bits per heavy atom. The SMILES string of the molecule is O=C(Cc1ccccc1)CN1CCSC1=O. The van der Waals surface area contributed by atoms with E-state index in [1.807, 2.05) is 30.3 Å². The number of amides is 1. The van der Waals surface area contributed by atoms with Crippen LogP contribution >= 0.6 is 11.8 Å². The van der Waals surface area contributed by atoms with Gasteiger partial charge in [-0.15, -0.1) is 0 Å². The Hall–Kier alpha value is -1.29. The average Bonchev–Trinajstić information content (AvgIpc) is 2.66. The summed E-state index contributed by atoms with van der Waals surface area (Å²) in [6.45, 7) is 0.949. The van der Waals surface area contributed by atoms with Crippen LogP contribution in [0, 0.1) is 0 Å². The van der Waals surface area contributed by atoms with Gasteiger partial charge >= 0.3 is 0 Å². The molecule has 0 saturated carbocycles. The van der Waals surface area contributed by atoms with E-state index in [9.17, 15) is 9.59 Å². The molecule has 16 heavy (non-hydrogen) atoms. The van der Waals surface area contributed by atoms with Crippen molar-refractivity contribution >= 4 is 22.8 Å². The van der Waals surface area contributed by atoms with Gasteiger partial charge in [-0.05, 0) is 5.56 Å². The van der Waals surface area contributed by atoms with Crippen molar-refractivity contribution in [2.45, 2.75) is 6.42 Å². The zero-order valence-electron chi connectivity index (χ0n) is 8.89. The monoisotopic (exact) mass is 235 g/mol. The number of hydrogen-bond donors (Lipinski definition) is 0. The Balaban J connectivity index is 1.87. The minimum Gasteiger partial charge on any atom is -0.325 e. The number of hydrogen-bond acceptors (Lipinski definition) is 3. The number of rotatable bonds is 4. The summed E-state index contributed by atoms with van der Waals surface area (Å²) in [6.07, 6.45) is 0.412. The van der Waals surface area contributed by atoms with E-state index in [-0.39, 0.29) is 17.6 Å². The Bertz CT molecular complexity index is 391. The van der Waals surface area contributed by atoms with Crippen molar-refractivity contribution in [1.82, 2.24) is 4.90 Å². The second-order valence-corrected chi connectivity index (χ2v) is 4.78. The molecule has 1 saturated heterocycles. The summed E-state index contributed by atoms with van der Waals surface area (Å²) < 4.78 is 0. The van der Waals surface area contributed by atoms with Gasteiger partial charge < -0.3 is 4.90 Å². The number of Topliss-reactive ketones (excluding diaryl/α,β-unsaturated/α-hetero) is 1. The summed E-state index contributed by atoms with van der Waals surface area (Å²) in [5.74, 6) is 0.902. The van der Waals surface area contributed by atoms with E-state index < -0.39 is 0 Å². The molecule has 0 N–H and O–H groups in total. The molecule has 3 nitrogen and oxygen atoms in total. The highest BCUT2D eigenvalue weighted by Gasteiger charge is 2.22. The number of carbonyl (C=O) groups excluding carboxylic acids is 2. The maximum Gasteiger partial charge on any atom is 0.282 e. The summed E-state index contributed by atoms with van der Waals surface area (Å²) in [7, 11) is 0. The Kier molecular flexibility index (Phi) is 3.62. The zero-order valence-corrected chi connectivity index (χ0v) is 9.70. The van der Waals surface area contributed by atoms with Gasteiger partial charge in [-0.25, -0.2) is 0 Å². The molecule has 0 radical (unpaired) electrons. The Morgan fingerprint density at radius 2 is 2.06 bits per heavy atom. The molecule has 0 unspecified atom stereocenters. The molecular formula is C12H13NO2S. The number of ketones is 1. The first kappa shape index (κ1) is 11.2. The lowest BCUT2D eigenvalue weighted by Crippen LogP contribution is -2.30. The average molecular weight is 235 g/mol.